The third-order valence-electron chi connectivity index (χ3n) is 2.89. The van der Waals surface area contributed by atoms with E-state index in [1.165, 1.54) is 7.11 Å². The summed E-state index contributed by atoms with van der Waals surface area (Å²) in [4.78, 5) is 15.7. The SMILES string of the molecule is COC(=O)c1cccc(-c2ccc(N=C(N)CCl)cc2)c1. The number of aliphatic imine (C=N–C) groups is 1. The van der Waals surface area contributed by atoms with Crippen molar-refractivity contribution in [2.24, 2.45) is 10.7 Å². The van der Waals surface area contributed by atoms with E-state index in [9.17, 15) is 4.79 Å². The molecule has 4 nitrogen and oxygen atoms in total. The van der Waals surface area contributed by atoms with Gasteiger partial charge < -0.3 is 10.5 Å². The fraction of sp³-hybridized carbons (Fsp3) is 0.125. The van der Waals surface area contributed by atoms with Crippen molar-refractivity contribution < 1.29 is 9.53 Å². The lowest BCUT2D eigenvalue weighted by molar-refractivity contribution is 0.0601. The number of hydrogen-bond acceptors (Lipinski definition) is 3. The number of hydrogen-bond donors (Lipinski definition) is 1. The molecule has 0 amide bonds. The predicted molar refractivity (Wildman–Crippen MR) is 85.2 cm³/mol. The minimum absolute atomic E-state index is 0.197. The van der Waals surface area contributed by atoms with Crippen LogP contribution in [0.4, 0.5) is 5.69 Å². The highest BCUT2D eigenvalue weighted by molar-refractivity contribution is 6.28. The summed E-state index contributed by atoms with van der Waals surface area (Å²) in [5.41, 5.74) is 8.75. The van der Waals surface area contributed by atoms with Gasteiger partial charge in [-0.15, -0.1) is 11.6 Å². The number of esters is 1. The van der Waals surface area contributed by atoms with Crippen LogP contribution < -0.4 is 5.73 Å². The van der Waals surface area contributed by atoms with Gasteiger partial charge in [0, 0.05) is 0 Å². The zero-order chi connectivity index (χ0) is 15.2. The van der Waals surface area contributed by atoms with Gasteiger partial charge in [0.25, 0.3) is 0 Å². The van der Waals surface area contributed by atoms with Crippen LogP contribution in [0.1, 0.15) is 10.4 Å². The van der Waals surface area contributed by atoms with E-state index in [0.29, 0.717) is 11.4 Å². The van der Waals surface area contributed by atoms with Crippen molar-refractivity contribution in [3.05, 3.63) is 54.1 Å². The molecule has 0 aliphatic heterocycles. The topological polar surface area (TPSA) is 64.7 Å². The van der Waals surface area contributed by atoms with E-state index in [1.54, 1.807) is 12.1 Å². The highest BCUT2D eigenvalue weighted by Crippen LogP contribution is 2.23. The van der Waals surface area contributed by atoms with E-state index in [1.807, 2.05) is 36.4 Å². The average Bonchev–Trinajstić information content (AvgIpc) is 2.54. The number of nitrogens with two attached hydrogens (primary N) is 1. The molecule has 0 saturated carbocycles. The molecule has 108 valence electrons. The Morgan fingerprint density at radius 2 is 1.90 bits per heavy atom. The van der Waals surface area contributed by atoms with Crippen LogP contribution in [0.5, 0.6) is 0 Å². The molecule has 2 N–H and O–H groups in total. The lowest BCUT2D eigenvalue weighted by atomic mass is 10.0. The molecule has 0 bridgehead atoms. The Hall–Kier alpha value is -2.33. The molecule has 2 aromatic rings. The Kier molecular flexibility index (Phi) is 4.95. The quantitative estimate of drug-likeness (QED) is 0.407. The molecule has 0 heterocycles. The summed E-state index contributed by atoms with van der Waals surface area (Å²) in [5, 5.41) is 0. The third-order valence-corrected chi connectivity index (χ3v) is 3.17. The Morgan fingerprint density at radius 3 is 2.52 bits per heavy atom. The van der Waals surface area contributed by atoms with Gasteiger partial charge in [-0.25, -0.2) is 9.79 Å². The highest BCUT2D eigenvalue weighted by Gasteiger charge is 2.06. The first-order valence-corrected chi connectivity index (χ1v) is 6.85. The van der Waals surface area contributed by atoms with Gasteiger partial charge in [-0.1, -0.05) is 24.3 Å². The summed E-state index contributed by atoms with van der Waals surface area (Å²) in [6.07, 6.45) is 0. The third kappa shape index (κ3) is 3.83. The highest BCUT2D eigenvalue weighted by atomic mass is 35.5. The van der Waals surface area contributed by atoms with Gasteiger partial charge in [-0.3, -0.25) is 0 Å². The summed E-state index contributed by atoms with van der Waals surface area (Å²) >= 11 is 5.59. The molecule has 5 heteroatoms. The predicted octanol–water partition coefficient (Wildman–Crippen LogP) is 3.37. The second-order valence-electron chi connectivity index (χ2n) is 4.36. The zero-order valence-electron chi connectivity index (χ0n) is 11.5. The van der Waals surface area contributed by atoms with Gasteiger partial charge in [0.15, 0.2) is 0 Å². The second kappa shape index (κ2) is 6.90. The monoisotopic (exact) mass is 302 g/mol. The van der Waals surface area contributed by atoms with Gasteiger partial charge in [-0.05, 0) is 35.4 Å². The van der Waals surface area contributed by atoms with E-state index in [4.69, 9.17) is 22.1 Å². The number of halogens is 1. The molecule has 0 fully saturated rings. The molecule has 0 aliphatic carbocycles. The summed E-state index contributed by atoms with van der Waals surface area (Å²) in [7, 11) is 1.36. The first-order chi connectivity index (χ1) is 10.1. The molecule has 0 atom stereocenters. The molecule has 0 unspecified atom stereocenters. The van der Waals surface area contributed by atoms with Crippen molar-refractivity contribution >= 4 is 29.1 Å². The molecule has 2 rings (SSSR count). The number of amidine groups is 1. The Morgan fingerprint density at radius 1 is 1.19 bits per heavy atom. The maximum atomic E-state index is 11.5. The Bertz CT molecular complexity index is 666. The van der Waals surface area contributed by atoms with Gasteiger partial charge in [0.05, 0.1) is 24.2 Å². The smallest absolute Gasteiger partial charge is 0.337 e. The molecule has 2 aromatic carbocycles. The minimum Gasteiger partial charge on any atom is -0.465 e. The number of nitrogens with zero attached hydrogens (tertiary/aromatic N) is 1. The van der Waals surface area contributed by atoms with Crippen molar-refractivity contribution in [3.63, 3.8) is 0 Å². The van der Waals surface area contributed by atoms with Gasteiger partial charge >= 0.3 is 5.97 Å². The number of ether oxygens (including phenoxy) is 1. The van der Waals surface area contributed by atoms with Crippen LogP contribution in [-0.4, -0.2) is 24.8 Å². The van der Waals surface area contributed by atoms with Gasteiger partial charge in [0.2, 0.25) is 0 Å². The van der Waals surface area contributed by atoms with Crippen LogP contribution in [-0.2, 0) is 4.74 Å². The van der Waals surface area contributed by atoms with E-state index >= 15 is 0 Å². The first kappa shape index (κ1) is 15.1. The number of methoxy groups -OCH3 is 1. The van der Waals surface area contributed by atoms with E-state index in [0.717, 1.165) is 16.8 Å². The second-order valence-corrected chi connectivity index (χ2v) is 4.62. The standard InChI is InChI=1S/C16H15ClN2O2/c1-21-16(20)13-4-2-3-12(9-13)11-5-7-14(8-6-11)19-15(18)10-17/h2-9H,10H2,1H3,(H2,18,19). The molecule has 0 spiro atoms. The van der Waals surface area contributed by atoms with Crippen molar-refractivity contribution in [1.29, 1.82) is 0 Å². The molecule has 21 heavy (non-hydrogen) atoms. The van der Waals surface area contributed by atoms with E-state index in [-0.39, 0.29) is 11.8 Å². The number of rotatable bonds is 4. The molecule has 0 saturated heterocycles. The Labute approximate surface area is 128 Å². The van der Waals surface area contributed by atoms with E-state index < -0.39 is 0 Å². The van der Waals surface area contributed by atoms with Gasteiger partial charge in [-0.2, -0.15) is 0 Å². The minimum atomic E-state index is -0.354. The number of benzene rings is 2. The molecule has 0 aliphatic rings. The van der Waals surface area contributed by atoms with Crippen LogP contribution in [0.2, 0.25) is 0 Å². The van der Waals surface area contributed by atoms with Crippen molar-refractivity contribution in [3.8, 4) is 11.1 Å². The molecule has 0 radical (unpaired) electrons. The van der Waals surface area contributed by atoms with Crippen molar-refractivity contribution in [2.75, 3.05) is 13.0 Å². The fourth-order valence-electron chi connectivity index (χ4n) is 1.87. The lowest BCUT2D eigenvalue weighted by Crippen LogP contribution is -2.12. The van der Waals surface area contributed by atoms with Crippen LogP contribution in [0.3, 0.4) is 0 Å². The molecular formula is C16H15ClN2O2. The van der Waals surface area contributed by atoms with Crippen LogP contribution >= 0.6 is 11.6 Å². The summed E-state index contributed by atoms with van der Waals surface area (Å²) in [6, 6.07) is 14.8. The first-order valence-electron chi connectivity index (χ1n) is 6.32. The summed E-state index contributed by atoms with van der Waals surface area (Å²) in [5.74, 6) is 0.216. The summed E-state index contributed by atoms with van der Waals surface area (Å²) < 4.78 is 4.72. The van der Waals surface area contributed by atoms with Crippen LogP contribution in [0.15, 0.2) is 53.5 Å². The Balaban J connectivity index is 2.29. The van der Waals surface area contributed by atoms with Crippen molar-refractivity contribution in [2.45, 2.75) is 0 Å². The van der Waals surface area contributed by atoms with E-state index in [2.05, 4.69) is 4.99 Å². The van der Waals surface area contributed by atoms with Crippen LogP contribution in [0, 0.1) is 0 Å². The zero-order valence-corrected chi connectivity index (χ0v) is 12.3. The normalized spacial score (nSPS) is 11.2. The number of carbonyl (C=O) groups excluding carboxylic acids is 1. The van der Waals surface area contributed by atoms with Gasteiger partial charge in [0.1, 0.15) is 5.84 Å². The lowest BCUT2D eigenvalue weighted by Gasteiger charge is -2.05. The summed E-state index contributed by atoms with van der Waals surface area (Å²) in [6.45, 7) is 0. The van der Waals surface area contributed by atoms with Crippen molar-refractivity contribution in [1.82, 2.24) is 0 Å². The number of carbonyl (C=O) groups is 1. The van der Waals surface area contributed by atoms with Crippen LogP contribution in [0.25, 0.3) is 11.1 Å². The largest absolute Gasteiger partial charge is 0.465 e. The average molecular weight is 303 g/mol. The maximum Gasteiger partial charge on any atom is 0.337 e. The molecular weight excluding hydrogens is 288 g/mol. The molecule has 0 aromatic heterocycles. The maximum absolute atomic E-state index is 11.5. The fourth-order valence-corrected chi connectivity index (χ4v) is 1.93. The number of alkyl halides is 1.